The van der Waals surface area contributed by atoms with Crippen molar-refractivity contribution in [2.24, 2.45) is 0 Å². The number of anilines is 1. The van der Waals surface area contributed by atoms with E-state index in [0.29, 0.717) is 5.69 Å². The van der Waals surface area contributed by atoms with Crippen LogP contribution in [0.5, 0.6) is 5.75 Å². The number of sulfonamides is 1. The van der Waals surface area contributed by atoms with E-state index in [1.165, 1.54) is 18.2 Å². The molecule has 3 rings (SSSR count). The topological polar surface area (TPSA) is 111 Å². The SMILES string of the molecule is CC(C)Oc1ccc(-c2csc(NS(=O)(=O)c3cccc([N+](=O)[O-])c3)n2)cc1. The van der Waals surface area contributed by atoms with E-state index >= 15 is 0 Å². The molecule has 8 nitrogen and oxygen atoms in total. The zero-order chi connectivity index (χ0) is 20.3. The van der Waals surface area contributed by atoms with Crippen LogP contribution in [0.3, 0.4) is 0 Å². The number of ether oxygens (including phenoxy) is 1. The van der Waals surface area contributed by atoms with Crippen LogP contribution in [0.4, 0.5) is 10.8 Å². The van der Waals surface area contributed by atoms with Crippen molar-refractivity contribution in [2.75, 3.05) is 4.72 Å². The third kappa shape index (κ3) is 4.65. The molecule has 0 fully saturated rings. The maximum atomic E-state index is 12.5. The van der Waals surface area contributed by atoms with Crippen LogP contribution in [-0.4, -0.2) is 24.4 Å². The molecule has 0 aliphatic rings. The minimum absolute atomic E-state index is 0.0694. The lowest BCUT2D eigenvalue weighted by molar-refractivity contribution is -0.385. The summed E-state index contributed by atoms with van der Waals surface area (Å²) in [5.74, 6) is 0.737. The number of aromatic nitrogens is 1. The van der Waals surface area contributed by atoms with E-state index in [0.717, 1.165) is 28.7 Å². The number of non-ortho nitro benzene ring substituents is 1. The first-order chi connectivity index (χ1) is 13.2. The van der Waals surface area contributed by atoms with Gasteiger partial charge in [-0.3, -0.25) is 14.8 Å². The van der Waals surface area contributed by atoms with Gasteiger partial charge in [0.25, 0.3) is 15.7 Å². The third-order valence-electron chi connectivity index (χ3n) is 3.59. The van der Waals surface area contributed by atoms with Crippen LogP contribution < -0.4 is 9.46 Å². The number of hydrogen-bond acceptors (Lipinski definition) is 7. The average Bonchev–Trinajstić information content (AvgIpc) is 3.09. The average molecular weight is 419 g/mol. The molecule has 1 aromatic heterocycles. The number of benzene rings is 2. The van der Waals surface area contributed by atoms with Gasteiger partial charge in [-0.1, -0.05) is 6.07 Å². The van der Waals surface area contributed by atoms with Gasteiger partial charge in [-0.15, -0.1) is 11.3 Å². The van der Waals surface area contributed by atoms with Crippen molar-refractivity contribution >= 4 is 32.2 Å². The molecule has 1 heterocycles. The number of thiazole rings is 1. The van der Waals surface area contributed by atoms with Gasteiger partial charge in [0.2, 0.25) is 0 Å². The van der Waals surface area contributed by atoms with Crippen LogP contribution in [0.2, 0.25) is 0 Å². The van der Waals surface area contributed by atoms with Gasteiger partial charge in [0.1, 0.15) is 5.75 Å². The van der Waals surface area contributed by atoms with E-state index in [1.54, 1.807) is 5.38 Å². The smallest absolute Gasteiger partial charge is 0.270 e. The highest BCUT2D eigenvalue weighted by molar-refractivity contribution is 7.93. The number of rotatable bonds is 7. The summed E-state index contributed by atoms with van der Waals surface area (Å²) in [4.78, 5) is 14.3. The number of nitrogens with zero attached hydrogens (tertiary/aromatic N) is 2. The molecule has 3 aromatic rings. The van der Waals surface area contributed by atoms with Crippen molar-refractivity contribution in [1.29, 1.82) is 0 Å². The Morgan fingerprint density at radius 2 is 1.89 bits per heavy atom. The molecule has 0 amide bonds. The van der Waals surface area contributed by atoms with Gasteiger partial charge in [-0.05, 0) is 44.2 Å². The lowest BCUT2D eigenvalue weighted by atomic mass is 10.2. The first-order valence-corrected chi connectivity index (χ1v) is 10.6. The van der Waals surface area contributed by atoms with Crippen LogP contribution in [0.1, 0.15) is 13.8 Å². The molecule has 0 unspecified atom stereocenters. The lowest BCUT2D eigenvalue weighted by Crippen LogP contribution is -2.13. The van der Waals surface area contributed by atoms with Crippen LogP contribution in [0.15, 0.2) is 58.8 Å². The zero-order valence-corrected chi connectivity index (χ0v) is 16.7. The second-order valence-electron chi connectivity index (χ2n) is 6.09. The van der Waals surface area contributed by atoms with E-state index in [4.69, 9.17) is 4.74 Å². The van der Waals surface area contributed by atoms with Gasteiger partial charge in [0.05, 0.1) is 21.6 Å². The van der Waals surface area contributed by atoms with Gasteiger partial charge in [0, 0.05) is 23.1 Å². The van der Waals surface area contributed by atoms with Crippen molar-refractivity contribution in [3.05, 3.63) is 64.0 Å². The second-order valence-corrected chi connectivity index (χ2v) is 8.63. The summed E-state index contributed by atoms with van der Waals surface area (Å²) in [6.07, 6.45) is 0.0694. The van der Waals surface area contributed by atoms with E-state index in [9.17, 15) is 18.5 Å². The van der Waals surface area contributed by atoms with Crippen LogP contribution in [-0.2, 0) is 10.0 Å². The van der Waals surface area contributed by atoms with Crippen molar-refractivity contribution in [1.82, 2.24) is 4.98 Å². The highest BCUT2D eigenvalue weighted by atomic mass is 32.2. The molecule has 0 radical (unpaired) electrons. The summed E-state index contributed by atoms with van der Waals surface area (Å²) in [6, 6.07) is 12.2. The van der Waals surface area contributed by atoms with Gasteiger partial charge in [0.15, 0.2) is 5.13 Å². The summed E-state index contributed by atoms with van der Waals surface area (Å²) < 4.78 is 32.9. The number of nitrogens with one attached hydrogen (secondary N) is 1. The first kappa shape index (κ1) is 19.8. The van der Waals surface area contributed by atoms with Crippen molar-refractivity contribution in [2.45, 2.75) is 24.8 Å². The Bertz CT molecular complexity index is 1090. The maximum absolute atomic E-state index is 12.5. The summed E-state index contributed by atoms with van der Waals surface area (Å²) in [5, 5.41) is 12.7. The van der Waals surface area contributed by atoms with Crippen molar-refractivity contribution < 1.29 is 18.1 Å². The fourth-order valence-corrected chi connectivity index (χ4v) is 4.38. The van der Waals surface area contributed by atoms with Crippen molar-refractivity contribution in [3.8, 4) is 17.0 Å². The molecule has 146 valence electrons. The molecular formula is C18H17N3O5S2. The Morgan fingerprint density at radius 1 is 1.18 bits per heavy atom. The molecule has 0 aliphatic carbocycles. The minimum Gasteiger partial charge on any atom is -0.491 e. The Labute approximate surface area is 166 Å². The Morgan fingerprint density at radius 3 is 2.54 bits per heavy atom. The Balaban J connectivity index is 1.78. The maximum Gasteiger partial charge on any atom is 0.270 e. The second kappa shape index (κ2) is 7.95. The predicted octanol–water partition coefficient (Wildman–Crippen LogP) is 4.31. The molecule has 0 atom stereocenters. The molecule has 28 heavy (non-hydrogen) atoms. The molecule has 2 aromatic carbocycles. The standard InChI is InChI=1S/C18H17N3O5S2/c1-12(2)26-15-8-6-13(7-9-15)17-11-27-18(19-17)20-28(24,25)16-5-3-4-14(10-16)21(22)23/h3-12H,1-2H3,(H,19,20). The summed E-state index contributed by atoms with van der Waals surface area (Å²) in [6.45, 7) is 3.88. The number of nitro groups is 1. The molecule has 10 heteroatoms. The fraction of sp³-hybridized carbons (Fsp3) is 0.167. The monoisotopic (exact) mass is 419 g/mol. The van der Waals surface area contributed by atoms with Gasteiger partial charge < -0.3 is 4.74 Å². The van der Waals surface area contributed by atoms with E-state index in [2.05, 4.69) is 9.71 Å². The molecule has 0 bridgehead atoms. The number of nitro benzene ring substituents is 1. The molecule has 0 spiro atoms. The zero-order valence-electron chi connectivity index (χ0n) is 15.0. The van der Waals surface area contributed by atoms with E-state index in [1.807, 2.05) is 38.1 Å². The molecular weight excluding hydrogens is 402 g/mol. The van der Waals surface area contributed by atoms with Crippen LogP contribution in [0.25, 0.3) is 11.3 Å². The largest absolute Gasteiger partial charge is 0.491 e. The predicted molar refractivity (Wildman–Crippen MR) is 107 cm³/mol. The first-order valence-electron chi connectivity index (χ1n) is 8.24. The third-order valence-corrected chi connectivity index (χ3v) is 5.81. The van der Waals surface area contributed by atoms with Crippen LogP contribution >= 0.6 is 11.3 Å². The fourth-order valence-electron chi connectivity index (χ4n) is 2.37. The summed E-state index contributed by atoms with van der Waals surface area (Å²) in [7, 11) is -3.98. The lowest BCUT2D eigenvalue weighted by Gasteiger charge is -2.09. The van der Waals surface area contributed by atoms with Gasteiger partial charge in [-0.25, -0.2) is 13.4 Å². The van der Waals surface area contributed by atoms with E-state index < -0.39 is 14.9 Å². The molecule has 0 aliphatic heterocycles. The van der Waals surface area contributed by atoms with Gasteiger partial charge >= 0.3 is 0 Å². The Kier molecular flexibility index (Phi) is 5.61. The van der Waals surface area contributed by atoms with Gasteiger partial charge in [-0.2, -0.15) is 0 Å². The Hall–Kier alpha value is -2.98. The highest BCUT2D eigenvalue weighted by Crippen LogP contribution is 2.28. The highest BCUT2D eigenvalue weighted by Gasteiger charge is 2.19. The van der Waals surface area contributed by atoms with E-state index in [-0.39, 0.29) is 21.8 Å². The molecule has 0 saturated heterocycles. The summed E-state index contributed by atoms with van der Waals surface area (Å²) >= 11 is 1.12. The summed E-state index contributed by atoms with van der Waals surface area (Å²) in [5.41, 5.74) is 1.12. The van der Waals surface area contributed by atoms with Crippen molar-refractivity contribution in [3.63, 3.8) is 0 Å². The minimum atomic E-state index is -3.98. The quantitative estimate of drug-likeness (QED) is 0.451. The molecule has 0 saturated carbocycles. The normalized spacial score (nSPS) is 11.4. The van der Waals surface area contributed by atoms with Crippen LogP contribution in [0, 0.1) is 10.1 Å². The molecule has 1 N–H and O–H groups in total. The number of hydrogen-bond donors (Lipinski definition) is 1.